The summed E-state index contributed by atoms with van der Waals surface area (Å²) in [6.07, 6.45) is -0.309. The van der Waals surface area contributed by atoms with E-state index in [0.717, 1.165) is 5.56 Å². The van der Waals surface area contributed by atoms with Gasteiger partial charge in [0.05, 0.1) is 24.7 Å². The van der Waals surface area contributed by atoms with E-state index in [1.165, 1.54) is 0 Å². The quantitative estimate of drug-likeness (QED) is 0.641. The lowest BCUT2D eigenvalue weighted by Crippen LogP contribution is -2.53. The summed E-state index contributed by atoms with van der Waals surface area (Å²) in [7, 11) is 0. The standard InChI is InChI=1S/C28H43N3O5/c1-17(2)15-20(29-24(33)18-9-11-19(12-10-18)27(3,4)5)25(34)30-14-13-21-23(30)22(32)16-31(21)26(35)36-28(6,7)8/h9-12,17,20-23,32H,13-16H2,1-8H3,(H,29,33)/t20-,21+,22-,23-/m0/s1. The van der Waals surface area contributed by atoms with E-state index >= 15 is 0 Å². The van der Waals surface area contributed by atoms with Crippen molar-refractivity contribution in [2.45, 2.75) is 103 Å². The summed E-state index contributed by atoms with van der Waals surface area (Å²) >= 11 is 0. The normalized spacial score (nSPS) is 23.0. The van der Waals surface area contributed by atoms with Crippen LogP contribution in [-0.2, 0) is 14.9 Å². The highest BCUT2D eigenvalue weighted by Crippen LogP contribution is 2.34. The summed E-state index contributed by atoms with van der Waals surface area (Å²) in [6, 6.07) is 5.93. The van der Waals surface area contributed by atoms with Gasteiger partial charge >= 0.3 is 6.09 Å². The van der Waals surface area contributed by atoms with E-state index in [2.05, 4.69) is 26.1 Å². The second-order valence-electron chi connectivity index (χ2n) is 12.6. The van der Waals surface area contributed by atoms with Crippen LogP contribution >= 0.6 is 0 Å². The minimum atomic E-state index is -0.866. The molecule has 1 aromatic rings. The van der Waals surface area contributed by atoms with Gasteiger partial charge in [0.2, 0.25) is 5.91 Å². The van der Waals surface area contributed by atoms with Crippen LogP contribution in [0.3, 0.4) is 0 Å². The highest BCUT2D eigenvalue weighted by atomic mass is 16.6. The topological polar surface area (TPSA) is 99.2 Å². The van der Waals surface area contributed by atoms with Crippen molar-refractivity contribution in [1.29, 1.82) is 0 Å². The lowest BCUT2D eigenvalue weighted by molar-refractivity contribution is -0.136. The first-order chi connectivity index (χ1) is 16.6. The second kappa shape index (κ2) is 10.4. The minimum Gasteiger partial charge on any atom is -0.444 e. The molecule has 2 saturated heterocycles. The number of rotatable bonds is 5. The number of ether oxygens (including phenoxy) is 1. The molecule has 0 unspecified atom stereocenters. The number of benzene rings is 1. The molecule has 2 fully saturated rings. The number of hydrogen-bond donors (Lipinski definition) is 2. The van der Waals surface area contributed by atoms with Crippen molar-refractivity contribution in [3.05, 3.63) is 35.4 Å². The molecule has 2 heterocycles. The number of likely N-dealkylation sites (tertiary alicyclic amines) is 2. The fourth-order valence-corrected chi connectivity index (χ4v) is 5.09. The van der Waals surface area contributed by atoms with E-state index in [4.69, 9.17) is 4.74 Å². The van der Waals surface area contributed by atoms with Crippen molar-refractivity contribution in [2.75, 3.05) is 13.1 Å². The van der Waals surface area contributed by atoms with Gasteiger partial charge in [-0.05, 0) is 62.6 Å². The maximum absolute atomic E-state index is 13.7. The Morgan fingerprint density at radius 1 is 1.06 bits per heavy atom. The van der Waals surface area contributed by atoms with Crippen LogP contribution in [0.2, 0.25) is 0 Å². The molecular formula is C28H43N3O5. The van der Waals surface area contributed by atoms with Gasteiger partial charge in [-0.25, -0.2) is 4.79 Å². The Hall–Kier alpha value is -2.61. The average Bonchev–Trinajstić information content (AvgIpc) is 3.32. The smallest absolute Gasteiger partial charge is 0.410 e. The summed E-state index contributed by atoms with van der Waals surface area (Å²) in [5.74, 6) is -0.346. The van der Waals surface area contributed by atoms with Crippen molar-refractivity contribution in [3.8, 4) is 0 Å². The zero-order valence-corrected chi connectivity index (χ0v) is 23.0. The van der Waals surface area contributed by atoms with Gasteiger partial charge in [0.1, 0.15) is 11.6 Å². The Balaban J connectivity index is 1.74. The third kappa shape index (κ3) is 6.38. The molecule has 2 N–H and O–H groups in total. The number of fused-ring (bicyclic) bond motifs is 1. The first kappa shape index (κ1) is 28.0. The Labute approximate surface area is 215 Å². The van der Waals surface area contributed by atoms with E-state index < -0.39 is 29.9 Å². The number of nitrogens with zero attached hydrogens (tertiary/aromatic N) is 2. The van der Waals surface area contributed by atoms with Gasteiger partial charge in [0.15, 0.2) is 0 Å². The molecule has 3 rings (SSSR count). The Morgan fingerprint density at radius 2 is 1.67 bits per heavy atom. The van der Waals surface area contributed by atoms with Crippen molar-refractivity contribution in [3.63, 3.8) is 0 Å². The Morgan fingerprint density at radius 3 is 2.19 bits per heavy atom. The van der Waals surface area contributed by atoms with Crippen molar-refractivity contribution in [1.82, 2.24) is 15.1 Å². The van der Waals surface area contributed by atoms with Gasteiger partial charge in [0.25, 0.3) is 5.91 Å². The molecule has 1 aromatic carbocycles. The van der Waals surface area contributed by atoms with Crippen LogP contribution in [0.15, 0.2) is 24.3 Å². The molecule has 0 saturated carbocycles. The highest BCUT2D eigenvalue weighted by molar-refractivity contribution is 5.97. The Kier molecular flexibility index (Phi) is 8.08. The predicted molar refractivity (Wildman–Crippen MR) is 139 cm³/mol. The fourth-order valence-electron chi connectivity index (χ4n) is 5.09. The van der Waals surface area contributed by atoms with E-state index in [0.29, 0.717) is 24.9 Å². The van der Waals surface area contributed by atoms with Crippen molar-refractivity contribution >= 4 is 17.9 Å². The molecule has 8 heteroatoms. The summed E-state index contributed by atoms with van der Waals surface area (Å²) in [6.45, 7) is 16.3. The Bertz CT molecular complexity index is 961. The SMILES string of the molecule is CC(C)C[C@H](NC(=O)c1ccc(C(C)(C)C)cc1)C(=O)N1CC[C@@H]2[C@H]1[C@@H](O)CN2C(=O)OC(C)(C)C. The maximum Gasteiger partial charge on any atom is 0.410 e. The van der Waals surface area contributed by atoms with Crippen LogP contribution in [0, 0.1) is 5.92 Å². The number of nitrogens with one attached hydrogen (secondary N) is 1. The fraction of sp³-hybridized carbons (Fsp3) is 0.679. The summed E-state index contributed by atoms with van der Waals surface area (Å²) in [5.41, 5.74) is 0.959. The number of β-amino-alcohol motifs (C(OH)–C–C–N with tert-alkyl or cyclic N) is 1. The number of amides is 3. The molecule has 0 bridgehead atoms. The number of aliphatic hydroxyl groups is 1. The summed E-state index contributed by atoms with van der Waals surface area (Å²) in [4.78, 5) is 42.7. The molecule has 8 nitrogen and oxygen atoms in total. The van der Waals surface area contributed by atoms with Gasteiger partial charge in [-0.3, -0.25) is 9.59 Å². The molecular weight excluding hydrogens is 458 g/mol. The molecule has 36 heavy (non-hydrogen) atoms. The number of carbonyl (C=O) groups is 3. The van der Waals surface area contributed by atoms with Gasteiger partial charge in [-0.1, -0.05) is 46.8 Å². The van der Waals surface area contributed by atoms with Crippen molar-refractivity contribution in [2.24, 2.45) is 5.92 Å². The highest BCUT2D eigenvalue weighted by Gasteiger charge is 2.53. The zero-order chi connectivity index (χ0) is 27.0. The average molecular weight is 502 g/mol. The number of carbonyl (C=O) groups excluding carboxylic acids is 3. The number of hydrogen-bond acceptors (Lipinski definition) is 5. The van der Waals surface area contributed by atoms with E-state index in [1.54, 1.807) is 42.7 Å². The van der Waals surface area contributed by atoms with Gasteiger partial charge in [-0.15, -0.1) is 0 Å². The lowest BCUT2D eigenvalue weighted by Gasteiger charge is -2.31. The van der Waals surface area contributed by atoms with Crippen LogP contribution in [0.4, 0.5) is 4.79 Å². The molecule has 0 spiro atoms. The summed E-state index contributed by atoms with van der Waals surface area (Å²) < 4.78 is 5.52. The van der Waals surface area contributed by atoms with Gasteiger partial charge in [-0.2, -0.15) is 0 Å². The molecule has 0 aromatic heterocycles. The van der Waals surface area contributed by atoms with E-state index in [-0.39, 0.29) is 35.7 Å². The van der Waals surface area contributed by atoms with E-state index in [1.807, 2.05) is 26.0 Å². The molecule has 4 atom stereocenters. The molecule has 2 aliphatic rings. The number of aliphatic hydroxyl groups excluding tert-OH is 1. The zero-order valence-electron chi connectivity index (χ0n) is 23.0. The van der Waals surface area contributed by atoms with Crippen LogP contribution in [-0.4, -0.2) is 75.7 Å². The van der Waals surface area contributed by atoms with E-state index in [9.17, 15) is 19.5 Å². The first-order valence-electron chi connectivity index (χ1n) is 13.0. The third-order valence-electron chi connectivity index (χ3n) is 6.83. The van der Waals surface area contributed by atoms with Crippen LogP contribution in [0.5, 0.6) is 0 Å². The minimum absolute atomic E-state index is 0.0211. The molecule has 200 valence electrons. The molecule has 3 amide bonds. The second-order valence-corrected chi connectivity index (χ2v) is 12.6. The monoisotopic (exact) mass is 501 g/mol. The van der Waals surface area contributed by atoms with Crippen LogP contribution < -0.4 is 5.32 Å². The van der Waals surface area contributed by atoms with Crippen LogP contribution in [0.1, 0.15) is 84.2 Å². The maximum atomic E-state index is 13.7. The lowest BCUT2D eigenvalue weighted by atomic mass is 9.86. The largest absolute Gasteiger partial charge is 0.444 e. The predicted octanol–water partition coefficient (Wildman–Crippen LogP) is 3.71. The third-order valence-corrected chi connectivity index (χ3v) is 6.83. The van der Waals surface area contributed by atoms with Crippen molar-refractivity contribution < 1.29 is 24.2 Å². The summed E-state index contributed by atoms with van der Waals surface area (Å²) in [5, 5.41) is 13.8. The molecule has 0 radical (unpaired) electrons. The van der Waals surface area contributed by atoms with Gasteiger partial charge in [0, 0.05) is 12.1 Å². The van der Waals surface area contributed by atoms with Gasteiger partial charge < -0.3 is 25.0 Å². The first-order valence-corrected chi connectivity index (χ1v) is 13.0. The van der Waals surface area contributed by atoms with Crippen LogP contribution in [0.25, 0.3) is 0 Å². The molecule has 2 aliphatic heterocycles. The molecule has 0 aliphatic carbocycles.